The molecule has 0 aromatic carbocycles. The van der Waals surface area contributed by atoms with E-state index in [2.05, 4.69) is 10.6 Å². The Bertz CT molecular complexity index is 306. The summed E-state index contributed by atoms with van der Waals surface area (Å²) < 4.78 is 5.14. The lowest BCUT2D eigenvalue weighted by molar-refractivity contribution is -0.148. The monoisotopic (exact) mass is 290 g/mol. The van der Waals surface area contributed by atoms with Gasteiger partial charge >= 0.3 is 12.0 Å². The van der Waals surface area contributed by atoms with Gasteiger partial charge in [0.25, 0.3) is 0 Å². The van der Waals surface area contributed by atoms with Gasteiger partial charge in [-0.1, -0.05) is 0 Å². The molecule has 0 saturated carbocycles. The van der Waals surface area contributed by atoms with Crippen molar-refractivity contribution in [3.05, 3.63) is 0 Å². The van der Waals surface area contributed by atoms with Gasteiger partial charge in [0, 0.05) is 32.6 Å². The summed E-state index contributed by atoms with van der Waals surface area (Å²) in [5.74, 6) is 0.0769. The molecule has 0 atom stereocenters. The van der Waals surface area contributed by atoms with E-state index >= 15 is 0 Å². The third kappa shape index (κ3) is 5.28. The van der Waals surface area contributed by atoms with E-state index < -0.39 is 17.5 Å². The van der Waals surface area contributed by atoms with Gasteiger partial charge in [0.2, 0.25) is 0 Å². The molecule has 19 heavy (non-hydrogen) atoms. The molecule has 0 aromatic rings. The van der Waals surface area contributed by atoms with Crippen LogP contribution in [0, 0.1) is 0 Å². The minimum Gasteiger partial charge on any atom is -0.480 e. The van der Waals surface area contributed by atoms with Crippen LogP contribution in [0.1, 0.15) is 25.7 Å². The molecule has 0 radical (unpaired) electrons. The van der Waals surface area contributed by atoms with Crippen LogP contribution in [0.3, 0.4) is 0 Å². The first-order chi connectivity index (χ1) is 9.10. The molecule has 0 spiro atoms. The molecule has 0 aromatic heterocycles. The lowest BCUT2D eigenvalue weighted by Gasteiger charge is -2.33. The molecule has 1 aliphatic heterocycles. The third-order valence-corrected chi connectivity index (χ3v) is 3.87. The molecule has 6 nitrogen and oxygen atoms in total. The molecule has 0 unspecified atom stereocenters. The maximum atomic E-state index is 11.7. The van der Waals surface area contributed by atoms with Crippen molar-refractivity contribution >= 4 is 23.8 Å². The first-order valence-electron chi connectivity index (χ1n) is 6.47. The van der Waals surface area contributed by atoms with E-state index in [4.69, 9.17) is 4.74 Å². The van der Waals surface area contributed by atoms with Crippen molar-refractivity contribution in [2.45, 2.75) is 31.2 Å². The molecule has 1 aliphatic rings. The van der Waals surface area contributed by atoms with E-state index in [1.165, 1.54) is 0 Å². The van der Waals surface area contributed by atoms with E-state index in [0.29, 0.717) is 32.6 Å². The van der Waals surface area contributed by atoms with Crippen LogP contribution in [0.15, 0.2) is 0 Å². The van der Waals surface area contributed by atoms with E-state index in [0.717, 1.165) is 18.6 Å². The SMILES string of the molecule is CSCCCCNC(=O)NC1(C(=O)O)CCOCC1. The molecular weight excluding hydrogens is 268 g/mol. The zero-order valence-corrected chi connectivity index (χ0v) is 12.1. The highest BCUT2D eigenvalue weighted by Crippen LogP contribution is 2.20. The van der Waals surface area contributed by atoms with Crippen LogP contribution < -0.4 is 10.6 Å². The summed E-state index contributed by atoms with van der Waals surface area (Å²) >= 11 is 1.77. The highest BCUT2D eigenvalue weighted by Gasteiger charge is 2.41. The number of aliphatic carboxylic acids is 1. The number of ether oxygens (including phenoxy) is 1. The molecule has 110 valence electrons. The molecule has 3 N–H and O–H groups in total. The molecule has 1 heterocycles. The van der Waals surface area contributed by atoms with Crippen molar-refractivity contribution in [1.29, 1.82) is 0 Å². The fraction of sp³-hybridized carbons (Fsp3) is 0.833. The van der Waals surface area contributed by atoms with Crippen LogP contribution in [0.5, 0.6) is 0 Å². The van der Waals surface area contributed by atoms with Gasteiger partial charge in [0.1, 0.15) is 5.54 Å². The number of unbranched alkanes of at least 4 members (excludes halogenated alkanes) is 1. The van der Waals surface area contributed by atoms with Crippen LogP contribution in [0.2, 0.25) is 0 Å². The number of nitrogens with one attached hydrogen (secondary N) is 2. The quantitative estimate of drug-likeness (QED) is 0.610. The van der Waals surface area contributed by atoms with Crippen molar-refractivity contribution in [3.8, 4) is 0 Å². The predicted molar refractivity (Wildman–Crippen MR) is 74.6 cm³/mol. The average Bonchev–Trinajstić information content (AvgIpc) is 2.39. The molecule has 0 bridgehead atoms. The number of carboxylic acids is 1. The van der Waals surface area contributed by atoms with Gasteiger partial charge in [0.15, 0.2) is 0 Å². The van der Waals surface area contributed by atoms with Crippen LogP contribution in [0.4, 0.5) is 4.79 Å². The van der Waals surface area contributed by atoms with Gasteiger partial charge < -0.3 is 20.5 Å². The molecule has 1 rings (SSSR count). The van der Waals surface area contributed by atoms with Crippen LogP contribution in [-0.4, -0.2) is 54.4 Å². The Labute approximate surface area is 117 Å². The number of hydrogen-bond acceptors (Lipinski definition) is 4. The van der Waals surface area contributed by atoms with Crippen molar-refractivity contribution in [2.24, 2.45) is 0 Å². The number of hydrogen-bond donors (Lipinski definition) is 3. The van der Waals surface area contributed by atoms with Gasteiger partial charge in [0.05, 0.1) is 0 Å². The summed E-state index contributed by atoms with van der Waals surface area (Å²) in [6.45, 7) is 1.29. The van der Waals surface area contributed by atoms with Crippen molar-refractivity contribution in [1.82, 2.24) is 10.6 Å². The fourth-order valence-corrected chi connectivity index (χ4v) is 2.44. The van der Waals surface area contributed by atoms with E-state index in [1.807, 2.05) is 6.26 Å². The highest BCUT2D eigenvalue weighted by atomic mass is 32.2. The number of carbonyl (C=O) groups excluding carboxylic acids is 1. The zero-order valence-electron chi connectivity index (χ0n) is 11.2. The number of carbonyl (C=O) groups is 2. The lowest BCUT2D eigenvalue weighted by Crippen LogP contribution is -2.59. The molecular formula is C12H22N2O4S. The summed E-state index contributed by atoms with van der Waals surface area (Å²) in [6.07, 6.45) is 4.60. The van der Waals surface area contributed by atoms with E-state index in [1.54, 1.807) is 11.8 Å². The third-order valence-electron chi connectivity index (χ3n) is 3.17. The largest absolute Gasteiger partial charge is 0.480 e. The second-order valence-electron chi connectivity index (χ2n) is 4.58. The molecule has 1 saturated heterocycles. The normalized spacial score (nSPS) is 17.7. The van der Waals surface area contributed by atoms with E-state index in [9.17, 15) is 14.7 Å². The van der Waals surface area contributed by atoms with Gasteiger partial charge in [-0.25, -0.2) is 9.59 Å². The Hall–Kier alpha value is -0.950. The minimum atomic E-state index is -1.18. The summed E-state index contributed by atoms with van der Waals surface area (Å²) in [4.78, 5) is 23.0. The molecule has 7 heteroatoms. The minimum absolute atomic E-state index is 0.308. The lowest BCUT2D eigenvalue weighted by atomic mass is 9.90. The predicted octanol–water partition coefficient (Wildman–Crippen LogP) is 1.06. The van der Waals surface area contributed by atoms with Crippen LogP contribution in [0.25, 0.3) is 0 Å². The smallest absolute Gasteiger partial charge is 0.329 e. The molecule has 1 fully saturated rings. The number of thioether (sulfide) groups is 1. The first-order valence-corrected chi connectivity index (χ1v) is 7.86. The maximum absolute atomic E-state index is 11.7. The van der Waals surface area contributed by atoms with Crippen molar-refractivity contribution < 1.29 is 19.4 Å². The standard InChI is InChI=1S/C12H22N2O4S/c1-19-9-3-2-6-13-11(17)14-12(10(15)16)4-7-18-8-5-12/h2-9H2,1H3,(H,15,16)(H2,13,14,17). The second kappa shape index (κ2) is 8.27. The van der Waals surface area contributed by atoms with Gasteiger partial charge in [-0.3, -0.25) is 0 Å². The topological polar surface area (TPSA) is 87.7 Å². The Kier molecular flexibility index (Phi) is 7.01. The number of carboxylic acid groups (broad SMARTS) is 1. The summed E-state index contributed by atoms with van der Waals surface area (Å²) in [6, 6.07) is -0.409. The highest BCUT2D eigenvalue weighted by molar-refractivity contribution is 7.98. The molecule has 2 amide bonds. The van der Waals surface area contributed by atoms with Crippen molar-refractivity contribution in [2.75, 3.05) is 31.8 Å². The van der Waals surface area contributed by atoms with Crippen LogP contribution >= 0.6 is 11.8 Å². The summed E-state index contributed by atoms with van der Waals surface area (Å²) in [5, 5.41) is 14.6. The zero-order chi connectivity index (χ0) is 14.1. The maximum Gasteiger partial charge on any atom is 0.329 e. The number of rotatable bonds is 7. The summed E-state index contributed by atoms with van der Waals surface area (Å²) in [7, 11) is 0. The fourth-order valence-electron chi connectivity index (χ4n) is 1.95. The Morgan fingerprint density at radius 1 is 1.32 bits per heavy atom. The van der Waals surface area contributed by atoms with E-state index in [-0.39, 0.29) is 0 Å². The van der Waals surface area contributed by atoms with Gasteiger partial charge in [-0.2, -0.15) is 11.8 Å². The summed E-state index contributed by atoms with van der Waals surface area (Å²) in [5.41, 5.74) is -1.18. The molecule has 0 aliphatic carbocycles. The number of amides is 2. The number of urea groups is 1. The Morgan fingerprint density at radius 3 is 2.58 bits per heavy atom. The Balaban J connectivity index is 2.33. The van der Waals surface area contributed by atoms with Crippen LogP contribution in [-0.2, 0) is 9.53 Å². The van der Waals surface area contributed by atoms with Gasteiger partial charge in [-0.15, -0.1) is 0 Å². The van der Waals surface area contributed by atoms with Gasteiger partial charge in [-0.05, 0) is 24.9 Å². The van der Waals surface area contributed by atoms with Crippen molar-refractivity contribution in [3.63, 3.8) is 0 Å². The second-order valence-corrected chi connectivity index (χ2v) is 5.57. The Morgan fingerprint density at radius 2 is 2.00 bits per heavy atom. The average molecular weight is 290 g/mol. The first kappa shape index (κ1) is 16.1.